The van der Waals surface area contributed by atoms with E-state index >= 15 is 0 Å². The Hall–Kier alpha value is -2.62. The zero-order valence-corrected chi connectivity index (χ0v) is 11.7. The Morgan fingerprint density at radius 1 is 0.857 bits per heavy atom. The fourth-order valence-corrected chi connectivity index (χ4v) is 1.70. The molecule has 0 heterocycles. The normalized spacial score (nSPS) is 9.95. The quantitative estimate of drug-likeness (QED) is 0.621. The first-order valence-electron chi connectivity index (χ1n) is 6.77. The average Bonchev–Trinajstić information content (AvgIpc) is 2.49. The van der Waals surface area contributed by atoms with Crippen LogP contribution in [0.5, 0.6) is 11.5 Å². The highest BCUT2D eigenvalue weighted by Gasteiger charge is 2.09. The molecule has 0 aliphatic heterocycles. The van der Waals surface area contributed by atoms with E-state index in [1.54, 1.807) is 48.5 Å². The van der Waals surface area contributed by atoms with Crippen molar-refractivity contribution in [2.45, 2.75) is 19.8 Å². The van der Waals surface area contributed by atoms with Crippen molar-refractivity contribution in [1.82, 2.24) is 0 Å². The van der Waals surface area contributed by atoms with Crippen molar-refractivity contribution in [2.24, 2.45) is 0 Å². The SMILES string of the molecule is CCCC(=O)Oc1ccc(C(=O)Oc2ccccc2)cc1. The number of benzene rings is 2. The summed E-state index contributed by atoms with van der Waals surface area (Å²) >= 11 is 0. The molecule has 0 atom stereocenters. The topological polar surface area (TPSA) is 52.6 Å². The average molecular weight is 284 g/mol. The molecular formula is C17H16O4. The number of carbonyl (C=O) groups excluding carboxylic acids is 2. The Morgan fingerprint density at radius 3 is 2.10 bits per heavy atom. The van der Waals surface area contributed by atoms with E-state index in [4.69, 9.17) is 9.47 Å². The van der Waals surface area contributed by atoms with E-state index in [-0.39, 0.29) is 5.97 Å². The number of para-hydroxylation sites is 1. The van der Waals surface area contributed by atoms with E-state index in [0.717, 1.165) is 6.42 Å². The summed E-state index contributed by atoms with van der Waals surface area (Å²) in [6.07, 6.45) is 1.11. The smallest absolute Gasteiger partial charge is 0.343 e. The van der Waals surface area contributed by atoms with Crippen LogP contribution in [-0.4, -0.2) is 11.9 Å². The van der Waals surface area contributed by atoms with Crippen LogP contribution in [0.3, 0.4) is 0 Å². The third-order valence-corrected chi connectivity index (χ3v) is 2.73. The van der Waals surface area contributed by atoms with Crippen molar-refractivity contribution in [1.29, 1.82) is 0 Å². The lowest BCUT2D eigenvalue weighted by molar-refractivity contribution is -0.134. The van der Waals surface area contributed by atoms with Gasteiger partial charge >= 0.3 is 11.9 Å². The number of ether oxygens (including phenoxy) is 2. The van der Waals surface area contributed by atoms with E-state index in [1.165, 1.54) is 0 Å². The molecular weight excluding hydrogens is 268 g/mol. The molecule has 4 heteroatoms. The van der Waals surface area contributed by atoms with Gasteiger partial charge in [-0.1, -0.05) is 25.1 Å². The first-order chi connectivity index (χ1) is 10.2. The van der Waals surface area contributed by atoms with Crippen molar-refractivity contribution in [3.8, 4) is 11.5 Å². The molecule has 0 spiro atoms. The van der Waals surface area contributed by atoms with Gasteiger partial charge in [0, 0.05) is 6.42 Å². The zero-order valence-electron chi connectivity index (χ0n) is 11.7. The molecule has 108 valence electrons. The molecule has 0 amide bonds. The summed E-state index contributed by atoms with van der Waals surface area (Å²) in [5, 5.41) is 0. The number of esters is 2. The van der Waals surface area contributed by atoms with Crippen molar-refractivity contribution in [3.63, 3.8) is 0 Å². The maximum absolute atomic E-state index is 11.9. The first kappa shape index (κ1) is 14.8. The van der Waals surface area contributed by atoms with Crippen LogP contribution in [0.4, 0.5) is 0 Å². The Labute approximate surface area is 123 Å². The Balaban J connectivity index is 1.98. The van der Waals surface area contributed by atoms with Gasteiger partial charge in [0.1, 0.15) is 11.5 Å². The first-order valence-corrected chi connectivity index (χ1v) is 6.77. The predicted octanol–water partition coefficient (Wildman–Crippen LogP) is 3.61. The van der Waals surface area contributed by atoms with Gasteiger partial charge in [-0.15, -0.1) is 0 Å². The lowest BCUT2D eigenvalue weighted by Gasteiger charge is -2.06. The van der Waals surface area contributed by atoms with Crippen LogP contribution in [0.25, 0.3) is 0 Å². The van der Waals surface area contributed by atoms with E-state index < -0.39 is 5.97 Å². The second-order valence-corrected chi connectivity index (χ2v) is 4.45. The second-order valence-electron chi connectivity index (χ2n) is 4.45. The fraction of sp³-hybridized carbons (Fsp3) is 0.176. The monoisotopic (exact) mass is 284 g/mol. The van der Waals surface area contributed by atoms with Gasteiger partial charge in [0.25, 0.3) is 0 Å². The van der Waals surface area contributed by atoms with Crippen molar-refractivity contribution in [2.75, 3.05) is 0 Å². The second kappa shape index (κ2) is 7.24. The molecule has 2 aromatic carbocycles. The molecule has 4 nitrogen and oxygen atoms in total. The van der Waals surface area contributed by atoms with Crippen LogP contribution in [0.15, 0.2) is 54.6 Å². The molecule has 0 aromatic heterocycles. The minimum Gasteiger partial charge on any atom is -0.427 e. The standard InChI is InChI=1S/C17H16O4/c1-2-6-16(18)20-15-11-9-13(10-12-15)17(19)21-14-7-4-3-5-8-14/h3-5,7-12H,2,6H2,1H3. The van der Waals surface area contributed by atoms with Gasteiger partial charge in [-0.2, -0.15) is 0 Å². The summed E-state index contributed by atoms with van der Waals surface area (Å²) in [7, 11) is 0. The highest BCUT2D eigenvalue weighted by atomic mass is 16.5. The molecule has 0 bridgehead atoms. The fourth-order valence-electron chi connectivity index (χ4n) is 1.70. The van der Waals surface area contributed by atoms with E-state index in [1.807, 2.05) is 13.0 Å². The summed E-state index contributed by atoms with van der Waals surface area (Å²) in [5.41, 5.74) is 0.397. The van der Waals surface area contributed by atoms with Crippen molar-refractivity contribution >= 4 is 11.9 Å². The third-order valence-electron chi connectivity index (χ3n) is 2.73. The van der Waals surface area contributed by atoms with Gasteiger partial charge in [0.05, 0.1) is 5.56 Å². The minimum atomic E-state index is -0.451. The summed E-state index contributed by atoms with van der Waals surface area (Å²) in [6, 6.07) is 15.1. The molecule has 2 aromatic rings. The van der Waals surface area contributed by atoms with Crippen LogP contribution in [0, 0.1) is 0 Å². The molecule has 0 fully saturated rings. The predicted molar refractivity (Wildman–Crippen MR) is 78.4 cm³/mol. The molecule has 21 heavy (non-hydrogen) atoms. The molecule has 0 aliphatic carbocycles. The summed E-state index contributed by atoms with van der Waals surface area (Å²) in [4.78, 5) is 23.3. The van der Waals surface area contributed by atoms with Gasteiger partial charge in [-0.25, -0.2) is 4.79 Å². The van der Waals surface area contributed by atoms with Crippen LogP contribution >= 0.6 is 0 Å². The van der Waals surface area contributed by atoms with Gasteiger partial charge < -0.3 is 9.47 Å². The van der Waals surface area contributed by atoms with Crippen LogP contribution < -0.4 is 9.47 Å². The van der Waals surface area contributed by atoms with Crippen molar-refractivity contribution < 1.29 is 19.1 Å². The number of hydrogen-bond donors (Lipinski definition) is 0. The van der Waals surface area contributed by atoms with E-state index in [9.17, 15) is 9.59 Å². The van der Waals surface area contributed by atoms with Crippen molar-refractivity contribution in [3.05, 3.63) is 60.2 Å². The maximum atomic E-state index is 11.9. The van der Waals surface area contributed by atoms with Crippen LogP contribution in [0.1, 0.15) is 30.1 Å². The lowest BCUT2D eigenvalue weighted by atomic mass is 10.2. The lowest BCUT2D eigenvalue weighted by Crippen LogP contribution is -2.09. The van der Waals surface area contributed by atoms with Gasteiger partial charge in [-0.3, -0.25) is 4.79 Å². The summed E-state index contributed by atoms with van der Waals surface area (Å²) in [5.74, 6) is 0.176. The van der Waals surface area contributed by atoms with Gasteiger partial charge in [0.15, 0.2) is 0 Å². The highest BCUT2D eigenvalue weighted by molar-refractivity contribution is 5.91. The molecule has 0 saturated carbocycles. The molecule has 0 saturated heterocycles. The largest absolute Gasteiger partial charge is 0.427 e. The number of hydrogen-bond acceptors (Lipinski definition) is 4. The minimum absolute atomic E-state index is 0.280. The Kier molecular flexibility index (Phi) is 5.10. The molecule has 0 radical (unpaired) electrons. The van der Waals surface area contributed by atoms with E-state index in [2.05, 4.69) is 0 Å². The molecule has 0 N–H and O–H groups in total. The molecule has 2 rings (SSSR count). The summed E-state index contributed by atoms with van der Waals surface area (Å²) in [6.45, 7) is 1.91. The van der Waals surface area contributed by atoms with Crippen LogP contribution in [-0.2, 0) is 4.79 Å². The Morgan fingerprint density at radius 2 is 1.48 bits per heavy atom. The summed E-state index contributed by atoms with van der Waals surface area (Å²) < 4.78 is 10.3. The highest BCUT2D eigenvalue weighted by Crippen LogP contribution is 2.16. The molecule has 0 unspecified atom stereocenters. The number of carbonyl (C=O) groups is 2. The maximum Gasteiger partial charge on any atom is 0.343 e. The van der Waals surface area contributed by atoms with Gasteiger partial charge in [0.2, 0.25) is 0 Å². The van der Waals surface area contributed by atoms with E-state index in [0.29, 0.717) is 23.5 Å². The molecule has 0 aliphatic rings. The third kappa shape index (κ3) is 4.45. The zero-order chi connectivity index (χ0) is 15.1. The Bertz CT molecular complexity index is 602. The van der Waals surface area contributed by atoms with Gasteiger partial charge in [-0.05, 0) is 42.8 Å². The number of rotatable bonds is 5. The van der Waals surface area contributed by atoms with Crippen LogP contribution in [0.2, 0.25) is 0 Å².